The lowest BCUT2D eigenvalue weighted by Gasteiger charge is -2.16. The molecule has 0 aliphatic rings. The Morgan fingerprint density at radius 1 is 1.50 bits per heavy atom. The van der Waals surface area contributed by atoms with Crippen LogP contribution in [0.25, 0.3) is 0 Å². The Morgan fingerprint density at radius 2 is 2.19 bits per heavy atom. The maximum atomic E-state index is 9.59. The van der Waals surface area contributed by atoms with Crippen molar-refractivity contribution >= 4 is 0 Å². The predicted octanol–water partition coefficient (Wildman–Crippen LogP) is 2.73. The maximum absolute atomic E-state index is 9.59. The van der Waals surface area contributed by atoms with Gasteiger partial charge in [-0.25, -0.2) is 0 Å². The molecule has 1 aromatic rings. The number of hydrogen-bond acceptors (Lipinski definition) is 3. The van der Waals surface area contributed by atoms with Gasteiger partial charge in [0, 0.05) is 5.56 Å². The van der Waals surface area contributed by atoms with Crippen LogP contribution in [0.1, 0.15) is 37.5 Å². The van der Waals surface area contributed by atoms with Gasteiger partial charge in [0.25, 0.3) is 0 Å². The van der Waals surface area contributed by atoms with Crippen LogP contribution in [0.4, 0.5) is 0 Å². The summed E-state index contributed by atoms with van der Waals surface area (Å²) in [6.45, 7) is 5.53. The molecule has 1 N–H and O–H groups in total. The van der Waals surface area contributed by atoms with Crippen LogP contribution in [0.3, 0.4) is 0 Å². The summed E-state index contributed by atoms with van der Waals surface area (Å²) in [6.07, 6.45) is -0.421. The first-order chi connectivity index (χ1) is 7.58. The first-order valence-corrected chi connectivity index (χ1v) is 5.43. The molecular weight excluding hydrogens is 202 g/mol. The number of benzene rings is 1. The van der Waals surface area contributed by atoms with Crippen molar-refractivity contribution < 1.29 is 9.84 Å². The van der Waals surface area contributed by atoms with E-state index >= 15 is 0 Å². The molecule has 0 bridgehead atoms. The Kier molecular flexibility index (Phi) is 4.33. The van der Waals surface area contributed by atoms with Crippen LogP contribution in [0.15, 0.2) is 18.2 Å². The molecule has 3 nitrogen and oxygen atoms in total. The number of ether oxygens (including phenoxy) is 1. The summed E-state index contributed by atoms with van der Waals surface area (Å²) in [7, 11) is 0. The molecule has 0 fully saturated rings. The number of aliphatic hydroxyl groups is 1. The van der Waals surface area contributed by atoms with Gasteiger partial charge in [-0.05, 0) is 31.9 Å². The van der Waals surface area contributed by atoms with Crippen LogP contribution in [0, 0.1) is 18.3 Å². The van der Waals surface area contributed by atoms with Crippen molar-refractivity contribution in [1.29, 1.82) is 5.26 Å². The summed E-state index contributed by atoms with van der Waals surface area (Å²) in [4.78, 5) is 0. The molecule has 0 radical (unpaired) electrons. The molecule has 0 aromatic heterocycles. The van der Waals surface area contributed by atoms with Gasteiger partial charge in [-0.2, -0.15) is 5.26 Å². The van der Waals surface area contributed by atoms with Crippen molar-refractivity contribution in [2.24, 2.45) is 0 Å². The van der Waals surface area contributed by atoms with Crippen LogP contribution in [0.5, 0.6) is 5.75 Å². The molecule has 0 saturated heterocycles. The third-order valence-electron chi connectivity index (χ3n) is 2.40. The largest absolute Gasteiger partial charge is 0.475 e. The van der Waals surface area contributed by atoms with E-state index in [1.807, 2.05) is 32.0 Å². The Hall–Kier alpha value is -1.53. The van der Waals surface area contributed by atoms with E-state index in [0.29, 0.717) is 12.2 Å². The quantitative estimate of drug-likeness (QED) is 0.847. The molecule has 1 aromatic carbocycles. The zero-order valence-corrected chi connectivity index (χ0v) is 9.90. The van der Waals surface area contributed by atoms with Gasteiger partial charge in [-0.1, -0.05) is 19.1 Å². The highest BCUT2D eigenvalue weighted by Gasteiger charge is 2.13. The van der Waals surface area contributed by atoms with Gasteiger partial charge in [0.15, 0.2) is 6.10 Å². The molecule has 0 aliphatic heterocycles. The SMILES string of the molecule is CCC(C#N)Oc1cc(C)ccc1[C@@H](C)O. The van der Waals surface area contributed by atoms with Crippen molar-refractivity contribution in [3.63, 3.8) is 0 Å². The van der Waals surface area contributed by atoms with E-state index in [1.165, 1.54) is 0 Å². The van der Waals surface area contributed by atoms with Crippen LogP contribution in [-0.2, 0) is 0 Å². The zero-order valence-electron chi connectivity index (χ0n) is 9.90. The minimum atomic E-state index is -0.591. The van der Waals surface area contributed by atoms with Crippen LogP contribution < -0.4 is 4.74 Å². The second-order valence-electron chi connectivity index (χ2n) is 3.86. The van der Waals surface area contributed by atoms with Gasteiger partial charge in [0.2, 0.25) is 0 Å². The molecule has 86 valence electrons. The predicted molar refractivity (Wildman–Crippen MR) is 62.1 cm³/mol. The van der Waals surface area contributed by atoms with E-state index in [0.717, 1.165) is 11.1 Å². The lowest BCUT2D eigenvalue weighted by atomic mass is 10.1. The van der Waals surface area contributed by atoms with E-state index in [2.05, 4.69) is 6.07 Å². The second-order valence-corrected chi connectivity index (χ2v) is 3.86. The highest BCUT2D eigenvalue weighted by molar-refractivity contribution is 5.38. The average Bonchev–Trinajstić information content (AvgIpc) is 2.25. The van der Waals surface area contributed by atoms with Crippen LogP contribution in [0.2, 0.25) is 0 Å². The highest BCUT2D eigenvalue weighted by Crippen LogP contribution is 2.27. The Balaban J connectivity index is 3.01. The van der Waals surface area contributed by atoms with E-state index in [4.69, 9.17) is 10.00 Å². The molecule has 0 aliphatic carbocycles. The molecule has 0 amide bonds. The van der Waals surface area contributed by atoms with E-state index in [-0.39, 0.29) is 0 Å². The molecule has 1 rings (SSSR count). The minimum absolute atomic E-state index is 0.459. The first-order valence-electron chi connectivity index (χ1n) is 5.43. The number of rotatable bonds is 4. The number of aliphatic hydroxyl groups excluding tert-OH is 1. The van der Waals surface area contributed by atoms with E-state index in [1.54, 1.807) is 6.92 Å². The van der Waals surface area contributed by atoms with Gasteiger partial charge in [-0.3, -0.25) is 0 Å². The van der Waals surface area contributed by atoms with Gasteiger partial charge in [0.05, 0.1) is 6.10 Å². The van der Waals surface area contributed by atoms with E-state index in [9.17, 15) is 5.11 Å². The van der Waals surface area contributed by atoms with Crippen LogP contribution in [-0.4, -0.2) is 11.2 Å². The summed E-state index contributed by atoms with van der Waals surface area (Å²) in [6, 6.07) is 7.68. The van der Waals surface area contributed by atoms with Crippen molar-refractivity contribution in [3.05, 3.63) is 29.3 Å². The highest BCUT2D eigenvalue weighted by atomic mass is 16.5. The molecule has 16 heavy (non-hydrogen) atoms. The van der Waals surface area contributed by atoms with Gasteiger partial charge in [0.1, 0.15) is 11.8 Å². The standard InChI is InChI=1S/C13H17NO2/c1-4-11(8-14)16-13-7-9(2)5-6-12(13)10(3)15/h5-7,10-11,15H,4H2,1-3H3/t10-,11?/m1/s1. The topological polar surface area (TPSA) is 53.2 Å². The van der Waals surface area contributed by atoms with Crippen LogP contribution >= 0.6 is 0 Å². The fourth-order valence-electron chi connectivity index (χ4n) is 1.44. The van der Waals surface area contributed by atoms with Crippen molar-refractivity contribution in [1.82, 2.24) is 0 Å². The van der Waals surface area contributed by atoms with Crippen molar-refractivity contribution in [3.8, 4) is 11.8 Å². The Labute approximate surface area is 96.3 Å². The lowest BCUT2D eigenvalue weighted by molar-refractivity contribution is 0.184. The summed E-state index contributed by atoms with van der Waals surface area (Å²) in [5.74, 6) is 0.600. The first kappa shape index (κ1) is 12.5. The van der Waals surface area contributed by atoms with Gasteiger partial charge >= 0.3 is 0 Å². The van der Waals surface area contributed by atoms with Gasteiger partial charge < -0.3 is 9.84 Å². The second kappa shape index (κ2) is 5.53. The minimum Gasteiger partial charge on any atom is -0.475 e. The molecule has 0 spiro atoms. The number of hydrogen-bond donors (Lipinski definition) is 1. The van der Waals surface area contributed by atoms with E-state index < -0.39 is 12.2 Å². The maximum Gasteiger partial charge on any atom is 0.184 e. The van der Waals surface area contributed by atoms with Gasteiger partial charge in [-0.15, -0.1) is 0 Å². The summed E-state index contributed by atoms with van der Waals surface area (Å²) in [5, 5.41) is 18.4. The third kappa shape index (κ3) is 2.98. The van der Waals surface area contributed by atoms with Crippen molar-refractivity contribution in [2.45, 2.75) is 39.4 Å². The Bertz CT molecular complexity index is 393. The number of nitrogens with zero attached hydrogens (tertiary/aromatic N) is 1. The average molecular weight is 219 g/mol. The fraction of sp³-hybridized carbons (Fsp3) is 0.462. The molecule has 1 unspecified atom stereocenters. The fourth-order valence-corrected chi connectivity index (χ4v) is 1.44. The number of aryl methyl sites for hydroxylation is 1. The molecule has 3 heteroatoms. The smallest absolute Gasteiger partial charge is 0.184 e. The molecule has 0 saturated carbocycles. The summed E-state index contributed by atoms with van der Waals surface area (Å²) in [5.41, 5.74) is 1.77. The van der Waals surface area contributed by atoms with Crippen molar-refractivity contribution in [2.75, 3.05) is 0 Å². The Morgan fingerprint density at radius 3 is 2.69 bits per heavy atom. The summed E-state index contributed by atoms with van der Waals surface area (Å²) < 4.78 is 5.56. The monoisotopic (exact) mass is 219 g/mol. The molecule has 0 heterocycles. The zero-order chi connectivity index (χ0) is 12.1. The lowest BCUT2D eigenvalue weighted by Crippen LogP contribution is -2.14. The third-order valence-corrected chi connectivity index (χ3v) is 2.40. The number of nitriles is 1. The molecular formula is C13H17NO2. The normalized spacial score (nSPS) is 13.9. The summed E-state index contributed by atoms with van der Waals surface area (Å²) >= 11 is 0. The molecule has 2 atom stereocenters.